The van der Waals surface area contributed by atoms with Crippen LogP contribution in [-0.2, 0) is 19.4 Å². The molecule has 0 radical (unpaired) electrons. The van der Waals surface area contributed by atoms with E-state index in [1.165, 1.54) is 28.5 Å². The van der Waals surface area contributed by atoms with Crippen LogP contribution in [0.25, 0.3) is 10.9 Å². The van der Waals surface area contributed by atoms with Crippen LogP contribution in [0.1, 0.15) is 28.4 Å². The molecule has 23 heavy (non-hydrogen) atoms. The summed E-state index contributed by atoms with van der Waals surface area (Å²) in [5, 5.41) is 0.902. The second kappa shape index (κ2) is 4.87. The van der Waals surface area contributed by atoms with Crippen LogP contribution >= 0.6 is 0 Å². The molecule has 1 aromatic heterocycles. The van der Waals surface area contributed by atoms with E-state index in [9.17, 15) is 4.39 Å². The zero-order chi connectivity index (χ0) is 15.4. The van der Waals surface area contributed by atoms with Crippen molar-refractivity contribution in [2.24, 2.45) is 0 Å². The lowest BCUT2D eigenvalue weighted by molar-refractivity contribution is 0.159. The van der Waals surface area contributed by atoms with Crippen molar-refractivity contribution in [2.45, 2.75) is 25.4 Å². The van der Waals surface area contributed by atoms with E-state index in [1.54, 1.807) is 12.1 Å². The summed E-state index contributed by atoms with van der Waals surface area (Å²) in [5.41, 5.74) is 6.23. The Bertz CT molecular complexity index is 919. The summed E-state index contributed by atoms with van der Waals surface area (Å²) in [7, 11) is 0. The molecule has 1 atom stereocenters. The highest BCUT2D eigenvalue weighted by molar-refractivity contribution is 5.79. The van der Waals surface area contributed by atoms with Gasteiger partial charge in [-0.1, -0.05) is 24.3 Å². The number of pyridine rings is 1. The third kappa shape index (κ3) is 2.07. The molecule has 5 rings (SSSR count). The molecule has 0 amide bonds. The van der Waals surface area contributed by atoms with Gasteiger partial charge in [-0.25, -0.2) is 4.39 Å². The highest BCUT2D eigenvalue weighted by Crippen LogP contribution is 2.38. The highest BCUT2D eigenvalue weighted by atomic mass is 19.1. The number of hydrogen-bond donors (Lipinski definition) is 0. The number of halogens is 1. The van der Waals surface area contributed by atoms with Gasteiger partial charge in [0.2, 0.25) is 0 Å². The van der Waals surface area contributed by atoms with Crippen LogP contribution in [0.5, 0.6) is 0 Å². The first kappa shape index (κ1) is 13.2. The number of hydrogen-bond acceptors (Lipinski definition) is 2. The van der Waals surface area contributed by atoms with Crippen molar-refractivity contribution in [1.29, 1.82) is 0 Å². The normalized spacial score (nSPS) is 20.0. The van der Waals surface area contributed by atoms with Gasteiger partial charge in [0.05, 0.1) is 5.52 Å². The molecule has 0 N–H and O–H groups in total. The number of fused-ring (bicyclic) bond motifs is 5. The van der Waals surface area contributed by atoms with Crippen LogP contribution in [0.3, 0.4) is 0 Å². The molecule has 0 bridgehead atoms. The van der Waals surface area contributed by atoms with Crippen molar-refractivity contribution in [2.75, 3.05) is 6.54 Å². The number of nitrogens with zero attached hydrogens (tertiary/aromatic N) is 2. The number of aromatic nitrogens is 1. The summed E-state index contributed by atoms with van der Waals surface area (Å²) in [6.07, 6.45) is 2.05. The van der Waals surface area contributed by atoms with Crippen molar-refractivity contribution in [3.63, 3.8) is 0 Å². The van der Waals surface area contributed by atoms with E-state index in [4.69, 9.17) is 4.98 Å². The first-order valence-corrected chi connectivity index (χ1v) is 8.18. The molecule has 3 heterocycles. The zero-order valence-corrected chi connectivity index (χ0v) is 12.8. The second-order valence-electron chi connectivity index (χ2n) is 6.57. The van der Waals surface area contributed by atoms with E-state index in [-0.39, 0.29) is 5.82 Å². The van der Waals surface area contributed by atoms with Crippen LogP contribution < -0.4 is 0 Å². The number of rotatable bonds is 0. The Labute approximate surface area is 134 Å². The van der Waals surface area contributed by atoms with E-state index in [1.807, 2.05) is 0 Å². The standard InChI is InChI=1S/C20H17FN2/c21-16-5-6-18-14(10-16)9-15-12-23-8-7-13-3-1-2-4-17(13)20(23)11-19(15)22-18/h1-6,9-10,20H,7-8,11-12H2. The van der Waals surface area contributed by atoms with Crippen LogP contribution in [-0.4, -0.2) is 16.4 Å². The molecule has 3 heteroatoms. The van der Waals surface area contributed by atoms with Gasteiger partial charge in [0.1, 0.15) is 5.82 Å². The number of benzene rings is 2. The van der Waals surface area contributed by atoms with Gasteiger partial charge in [-0.15, -0.1) is 0 Å². The van der Waals surface area contributed by atoms with Gasteiger partial charge in [-0.3, -0.25) is 9.88 Å². The first-order chi connectivity index (χ1) is 11.3. The van der Waals surface area contributed by atoms with Gasteiger partial charge in [-0.2, -0.15) is 0 Å². The van der Waals surface area contributed by atoms with Crippen LogP contribution in [0.2, 0.25) is 0 Å². The minimum atomic E-state index is -0.195. The third-order valence-corrected chi connectivity index (χ3v) is 5.23. The van der Waals surface area contributed by atoms with Gasteiger partial charge in [0.15, 0.2) is 0 Å². The summed E-state index contributed by atoms with van der Waals surface area (Å²) in [5.74, 6) is -0.195. The van der Waals surface area contributed by atoms with Gasteiger partial charge < -0.3 is 0 Å². The first-order valence-electron chi connectivity index (χ1n) is 8.18. The Morgan fingerprint density at radius 1 is 1.04 bits per heavy atom. The second-order valence-corrected chi connectivity index (χ2v) is 6.57. The molecule has 1 unspecified atom stereocenters. The molecular weight excluding hydrogens is 287 g/mol. The molecule has 2 aliphatic rings. The lowest BCUT2D eigenvalue weighted by Crippen LogP contribution is -2.39. The van der Waals surface area contributed by atoms with Gasteiger partial charge in [0, 0.05) is 36.6 Å². The van der Waals surface area contributed by atoms with Crippen molar-refractivity contribution in [1.82, 2.24) is 9.88 Å². The fourth-order valence-corrected chi connectivity index (χ4v) is 4.08. The maximum absolute atomic E-state index is 13.5. The largest absolute Gasteiger partial charge is 0.291 e. The minimum Gasteiger partial charge on any atom is -0.291 e. The Hall–Kier alpha value is -2.26. The molecule has 2 aromatic carbocycles. The average Bonchev–Trinajstić information content (AvgIpc) is 2.58. The maximum atomic E-state index is 13.5. The van der Waals surface area contributed by atoms with E-state index in [2.05, 4.69) is 35.2 Å². The zero-order valence-electron chi connectivity index (χ0n) is 12.8. The predicted molar refractivity (Wildman–Crippen MR) is 88.7 cm³/mol. The third-order valence-electron chi connectivity index (χ3n) is 5.23. The summed E-state index contributed by atoms with van der Waals surface area (Å²) in [6.45, 7) is 2.00. The molecule has 0 spiro atoms. The molecule has 0 saturated carbocycles. The summed E-state index contributed by atoms with van der Waals surface area (Å²) >= 11 is 0. The van der Waals surface area contributed by atoms with E-state index in [0.717, 1.165) is 36.8 Å². The van der Waals surface area contributed by atoms with Crippen LogP contribution in [0.15, 0.2) is 48.5 Å². The Kier molecular flexibility index (Phi) is 2.79. The van der Waals surface area contributed by atoms with Crippen LogP contribution in [0, 0.1) is 5.82 Å². The summed E-state index contributed by atoms with van der Waals surface area (Å²) in [4.78, 5) is 7.37. The average molecular weight is 304 g/mol. The molecule has 0 saturated heterocycles. The molecule has 3 aromatic rings. The molecule has 0 aliphatic carbocycles. The van der Waals surface area contributed by atoms with E-state index in [0.29, 0.717) is 6.04 Å². The quantitative estimate of drug-likeness (QED) is 0.623. The van der Waals surface area contributed by atoms with Crippen molar-refractivity contribution in [3.05, 3.63) is 76.7 Å². The van der Waals surface area contributed by atoms with Gasteiger partial charge >= 0.3 is 0 Å². The minimum absolute atomic E-state index is 0.195. The SMILES string of the molecule is Fc1ccc2nc3c(cc2c1)CN1CCc2ccccc2C1C3. The lowest BCUT2D eigenvalue weighted by atomic mass is 9.86. The lowest BCUT2D eigenvalue weighted by Gasteiger charge is -2.41. The Morgan fingerprint density at radius 3 is 2.91 bits per heavy atom. The smallest absolute Gasteiger partial charge is 0.123 e. The van der Waals surface area contributed by atoms with E-state index < -0.39 is 0 Å². The van der Waals surface area contributed by atoms with Crippen molar-refractivity contribution < 1.29 is 4.39 Å². The summed E-state index contributed by atoms with van der Waals surface area (Å²) in [6, 6.07) is 16.2. The van der Waals surface area contributed by atoms with Crippen molar-refractivity contribution >= 4 is 10.9 Å². The Morgan fingerprint density at radius 2 is 1.96 bits per heavy atom. The highest BCUT2D eigenvalue weighted by Gasteiger charge is 2.32. The molecule has 0 fully saturated rings. The fraction of sp³-hybridized carbons (Fsp3) is 0.250. The Balaban J connectivity index is 1.62. The predicted octanol–water partition coefficient (Wildman–Crippen LogP) is 4.03. The van der Waals surface area contributed by atoms with E-state index >= 15 is 0 Å². The monoisotopic (exact) mass is 304 g/mol. The fourth-order valence-electron chi connectivity index (χ4n) is 4.08. The van der Waals surface area contributed by atoms with Crippen LogP contribution in [0.4, 0.5) is 4.39 Å². The van der Waals surface area contributed by atoms with Gasteiger partial charge in [-0.05, 0) is 47.4 Å². The molecule has 2 aliphatic heterocycles. The van der Waals surface area contributed by atoms with Gasteiger partial charge in [0.25, 0.3) is 0 Å². The summed E-state index contributed by atoms with van der Waals surface area (Å²) < 4.78 is 13.5. The molecular formula is C20H17FN2. The molecule has 2 nitrogen and oxygen atoms in total. The topological polar surface area (TPSA) is 16.1 Å². The molecule has 114 valence electrons. The van der Waals surface area contributed by atoms with Crippen molar-refractivity contribution in [3.8, 4) is 0 Å². The maximum Gasteiger partial charge on any atom is 0.123 e.